The van der Waals surface area contributed by atoms with Crippen molar-refractivity contribution in [1.29, 1.82) is 0 Å². The van der Waals surface area contributed by atoms with Crippen molar-refractivity contribution in [3.8, 4) is 0 Å². The second-order valence-electron chi connectivity index (χ2n) is 3.03. The molecule has 0 rings (SSSR count). The Labute approximate surface area is 98.6 Å². The number of hydrogen-bond acceptors (Lipinski definition) is 3. The Morgan fingerprint density at radius 1 is 1.38 bits per heavy atom. The van der Waals surface area contributed by atoms with Gasteiger partial charge >= 0.3 is 12.3 Å². The van der Waals surface area contributed by atoms with Gasteiger partial charge in [-0.2, -0.15) is 13.2 Å². The number of alkyl halides is 4. The molecule has 0 aromatic rings. The van der Waals surface area contributed by atoms with Gasteiger partial charge in [0.05, 0.1) is 11.9 Å². The van der Waals surface area contributed by atoms with Crippen molar-refractivity contribution in [1.82, 2.24) is 5.32 Å². The molecule has 0 aromatic heterocycles. The molecule has 0 aromatic carbocycles. The lowest BCUT2D eigenvalue weighted by molar-refractivity contribution is -0.191. The normalized spacial score (nSPS) is 15.1. The van der Waals surface area contributed by atoms with E-state index in [1.165, 1.54) is 12.2 Å². The molecule has 0 aliphatic rings. The van der Waals surface area contributed by atoms with Gasteiger partial charge in [0.1, 0.15) is 0 Å². The smallest absolute Gasteiger partial charge is 0.418 e. The zero-order chi connectivity index (χ0) is 13.0. The first kappa shape index (κ1) is 15.2. The van der Waals surface area contributed by atoms with Crippen molar-refractivity contribution >= 4 is 27.8 Å². The van der Waals surface area contributed by atoms with Gasteiger partial charge in [0.2, 0.25) is 0 Å². The van der Waals surface area contributed by atoms with E-state index < -0.39 is 28.9 Å². The molecule has 4 nitrogen and oxygen atoms in total. The van der Waals surface area contributed by atoms with Crippen molar-refractivity contribution in [2.45, 2.75) is 25.6 Å². The van der Waals surface area contributed by atoms with Gasteiger partial charge in [-0.15, -0.1) is 0 Å². The fourth-order valence-corrected chi connectivity index (χ4v) is 1.36. The predicted octanol–water partition coefficient (Wildman–Crippen LogP) is 2.02. The molecule has 0 radical (unpaired) electrons. The molecule has 0 heterocycles. The Kier molecular flexibility index (Phi) is 5.24. The molecule has 0 fully saturated rings. The van der Waals surface area contributed by atoms with E-state index in [1.54, 1.807) is 0 Å². The number of nitrogens with one attached hydrogen (secondary N) is 1. The van der Waals surface area contributed by atoms with E-state index in [9.17, 15) is 22.8 Å². The van der Waals surface area contributed by atoms with Crippen LogP contribution in [0.25, 0.3) is 0 Å². The van der Waals surface area contributed by atoms with E-state index in [4.69, 9.17) is 0 Å². The summed E-state index contributed by atoms with van der Waals surface area (Å²) in [4.78, 5) is 22.1. The fourth-order valence-electron chi connectivity index (χ4n) is 0.804. The maximum atomic E-state index is 12.6. The molecule has 94 valence electrons. The highest BCUT2D eigenvalue weighted by atomic mass is 79.9. The van der Waals surface area contributed by atoms with Crippen LogP contribution in [0.5, 0.6) is 0 Å². The third kappa shape index (κ3) is 3.36. The summed E-state index contributed by atoms with van der Waals surface area (Å²) in [6.07, 6.45) is -6.17. The summed E-state index contributed by atoms with van der Waals surface area (Å²) in [7, 11) is 0. The molecule has 0 aliphatic heterocycles. The van der Waals surface area contributed by atoms with Crippen molar-refractivity contribution < 1.29 is 27.5 Å². The molecule has 1 unspecified atom stereocenters. The molecule has 8 heteroatoms. The van der Waals surface area contributed by atoms with Crippen molar-refractivity contribution in [2.24, 2.45) is 0 Å². The van der Waals surface area contributed by atoms with Gasteiger partial charge in [-0.25, -0.2) is 4.79 Å². The zero-order valence-electron chi connectivity index (χ0n) is 8.65. The van der Waals surface area contributed by atoms with Crippen molar-refractivity contribution in [3.63, 3.8) is 0 Å². The molecule has 16 heavy (non-hydrogen) atoms. The first-order chi connectivity index (χ1) is 7.19. The van der Waals surface area contributed by atoms with Gasteiger partial charge in [0.15, 0.2) is 11.3 Å². The Morgan fingerprint density at radius 2 is 1.88 bits per heavy atom. The lowest BCUT2D eigenvalue weighted by atomic mass is 9.97. The van der Waals surface area contributed by atoms with Crippen LogP contribution in [0.15, 0.2) is 0 Å². The van der Waals surface area contributed by atoms with Crippen LogP contribution in [-0.2, 0) is 9.53 Å². The van der Waals surface area contributed by atoms with Crippen molar-refractivity contribution in [2.75, 3.05) is 11.9 Å². The molecule has 1 atom stereocenters. The van der Waals surface area contributed by atoms with Gasteiger partial charge in [-0.05, 0) is 13.8 Å². The fraction of sp³-hybridized carbons (Fsp3) is 0.750. The highest BCUT2D eigenvalue weighted by Gasteiger charge is 2.57. The molecule has 0 spiro atoms. The molecule has 0 aliphatic carbocycles. The minimum atomic E-state index is -4.88. The maximum Gasteiger partial charge on any atom is 0.418 e. The minimum Gasteiger partial charge on any atom is -0.450 e. The number of ether oxygens (including phenoxy) is 1. The molecule has 1 N–H and O–H groups in total. The summed E-state index contributed by atoms with van der Waals surface area (Å²) in [6.45, 7) is 1.95. The van der Waals surface area contributed by atoms with Gasteiger partial charge in [-0.3, -0.25) is 4.79 Å². The predicted molar refractivity (Wildman–Crippen MR) is 53.4 cm³/mol. The van der Waals surface area contributed by atoms with Gasteiger partial charge in [0.25, 0.3) is 0 Å². The summed E-state index contributed by atoms with van der Waals surface area (Å²) in [5.74, 6) is -1.20. The van der Waals surface area contributed by atoms with Crippen LogP contribution in [0.4, 0.5) is 18.0 Å². The van der Waals surface area contributed by atoms with Crippen molar-refractivity contribution in [3.05, 3.63) is 0 Å². The second kappa shape index (κ2) is 5.51. The summed E-state index contributed by atoms with van der Waals surface area (Å²) < 4.78 is 42.2. The number of alkyl carbamates (subject to hydrolysis) is 1. The average Bonchev–Trinajstić information content (AvgIpc) is 2.14. The average molecular weight is 306 g/mol. The van der Waals surface area contributed by atoms with Gasteiger partial charge in [-0.1, -0.05) is 15.9 Å². The van der Waals surface area contributed by atoms with Crippen LogP contribution in [0.3, 0.4) is 0 Å². The second-order valence-corrected chi connectivity index (χ2v) is 3.59. The van der Waals surface area contributed by atoms with Gasteiger partial charge < -0.3 is 10.1 Å². The summed E-state index contributed by atoms with van der Waals surface area (Å²) in [6, 6.07) is 0. The molecule has 0 bridgehead atoms. The Bertz CT molecular complexity index is 282. The summed E-state index contributed by atoms with van der Waals surface area (Å²) in [5, 5.41) is 1.00. The van der Waals surface area contributed by atoms with Crippen LogP contribution >= 0.6 is 15.9 Å². The number of hydrogen-bond donors (Lipinski definition) is 1. The van der Waals surface area contributed by atoms with E-state index in [-0.39, 0.29) is 6.61 Å². The first-order valence-corrected chi connectivity index (χ1v) is 5.42. The minimum absolute atomic E-state index is 0.0811. The number of halogens is 4. The maximum absolute atomic E-state index is 12.6. The van der Waals surface area contributed by atoms with Crippen LogP contribution < -0.4 is 5.32 Å². The molecular formula is C8H11BrF3NO3. The SMILES string of the molecule is CCOC(=O)NC(C)(C(=O)CBr)C(F)(F)F. The molecule has 0 saturated heterocycles. The first-order valence-electron chi connectivity index (χ1n) is 4.30. The molecular weight excluding hydrogens is 295 g/mol. The largest absolute Gasteiger partial charge is 0.450 e. The number of carbonyl (C=O) groups is 2. The Balaban J connectivity index is 4.96. The van der Waals surface area contributed by atoms with E-state index in [1.807, 2.05) is 0 Å². The third-order valence-electron chi connectivity index (χ3n) is 1.87. The third-order valence-corrected chi connectivity index (χ3v) is 2.38. The number of ketones is 1. The quantitative estimate of drug-likeness (QED) is 0.809. The molecule has 0 saturated carbocycles. The number of amides is 1. The Hall–Kier alpha value is -0.790. The van der Waals surface area contributed by atoms with Crippen LogP contribution in [-0.4, -0.2) is 35.5 Å². The monoisotopic (exact) mass is 305 g/mol. The lowest BCUT2D eigenvalue weighted by Crippen LogP contribution is -2.62. The molecule has 1 amide bonds. The van der Waals surface area contributed by atoms with Gasteiger partial charge in [0, 0.05) is 0 Å². The summed E-state index contributed by atoms with van der Waals surface area (Å²) in [5.41, 5.74) is -2.94. The Morgan fingerprint density at radius 3 is 2.19 bits per heavy atom. The highest BCUT2D eigenvalue weighted by Crippen LogP contribution is 2.31. The van der Waals surface area contributed by atoms with E-state index in [0.717, 1.165) is 0 Å². The van der Waals surface area contributed by atoms with Crippen LogP contribution in [0.1, 0.15) is 13.8 Å². The van der Waals surface area contributed by atoms with E-state index in [2.05, 4.69) is 20.7 Å². The number of Topliss-reactive ketones (excluding diaryl/α,β-unsaturated/α-hetero) is 1. The van der Waals surface area contributed by atoms with E-state index in [0.29, 0.717) is 6.92 Å². The van der Waals surface area contributed by atoms with E-state index >= 15 is 0 Å². The highest BCUT2D eigenvalue weighted by molar-refractivity contribution is 9.09. The number of rotatable bonds is 4. The zero-order valence-corrected chi connectivity index (χ0v) is 10.2. The topological polar surface area (TPSA) is 55.4 Å². The summed E-state index contributed by atoms with van der Waals surface area (Å²) >= 11 is 2.63. The van der Waals surface area contributed by atoms with Crippen LogP contribution in [0, 0.1) is 0 Å². The number of carbonyl (C=O) groups excluding carboxylic acids is 2. The lowest BCUT2D eigenvalue weighted by Gasteiger charge is -2.30. The van der Waals surface area contributed by atoms with Crippen LogP contribution in [0.2, 0.25) is 0 Å². The standard InChI is InChI=1S/C8H11BrF3NO3/c1-3-16-6(15)13-7(2,5(14)4-9)8(10,11)12/h3-4H2,1-2H3,(H,13,15).